The van der Waals surface area contributed by atoms with E-state index in [1.165, 1.54) is 0 Å². The molecular formula is C6H8N. The van der Waals surface area contributed by atoms with Gasteiger partial charge >= 0.3 is 0 Å². The Bertz CT molecular complexity index is 84.8. The van der Waals surface area contributed by atoms with Crippen LogP contribution in [0, 0.1) is 23.7 Å². The van der Waals surface area contributed by atoms with Crippen LogP contribution < -0.4 is 0 Å². The van der Waals surface area contributed by atoms with Crippen LogP contribution in [0.1, 0.15) is 19.3 Å². The Labute approximate surface area is 44.0 Å². The molecule has 1 aliphatic rings. The molecule has 1 fully saturated rings. The molecule has 0 saturated heterocycles. The van der Waals surface area contributed by atoms with Gasteiger partial charge in [0.25, 0.3) is 0 Å². The van der Waals surface area contributed by atoms with E-state index in [2.05, 4.69) is 12.5 Å². The van der Waals surface area contributed by atoms with E-state index in [0.717, 1.165) is 19.3 Å². The molecular weight excluding hydrogens is 86.1 g/mol. The number of hydrogen-bond acceptors (Lipinski definition) is 1. The van der Waals surface area contributed by atoms with E-state index in [1.807, 2.05) is 0 Å². The average molecular weight is 94.1 g/mol. The Morgan fingerprint density at radius 1 is 1.71 bits per heavy atom. The second kappa shape index (κ2) is 1.97. The second-order valence-electron chi connectivity index (χ2n) is 1.93. The van der Waals surface area contributed by atoms with Crippen LogP contribution in [0.15, 0.2) is 0 Å². The molecule has 0 heterocycles. The highest BCUT2D eigenvalue weighted by atomic mass is 14.3. The van der Waals surface area contributed by atoms with Gasteiger partial charge in [-0.25, -0.2) is 0 Å². The zero-order chi connectivity index (χ0) is 5.11. The van der Waals surface area contributed by atoms with Gasteiger partial charge in [0.2, 0.25) is 0 Å². The molecule has 0 bridgehead atoms. The predicted octanol–water partition coefficient (Wildman–Crippen LogP) is 1.51. The minimum Gasteiger partial charge on any atom is -0.198 e. The zero-order valence-electron chi connectivity index (χ0n) is 4.22. The summed E-state index contributed by atoms with van der Waals surface area (Å²) in [4.78, 5) is 0. The zero-order valence-corrected chi connectivity index (χ0v) is 4.22. The molecule has 7 heavy (non-hydrogen) atoms. The Hall–Kier alpha value is -0.510. The monoisotopic (exact) mass is 94.1 g/mol. The van der Waals surface area contributed by atoms with Gasteiger partial charge in [0.15, 0.2) is 0 Å². The minimum atomic E-state index is 0.347. The molecule has 0 N–H and O–H groups in total. The predicted molar refractivity (Wildman–Crippen MR) is 27.3 cm³/mol. The van der Waals surface area contributed by atoms with Crippen molar-refractivity contribution in [2.75, 3.05) is 0 Å². The van der Waals surface area contributed by atoms with Gasteiger partial charge in [0.05, 0.1) is 6.07 Å². The summed E-state index contributed by atoms with van der Waals surface area (Å²) < 4.78 is 0. The van der Waals surface area contributed by atoms with Gasteiger partial charge in [0.1, 0.15) is 0 Å². The Kier molecular flexibility index (Phi) is 1.31. The lowest BCUT2D eigenvalue weighted by molar-refractivity contribution is 0.709. The van der Waals surface area contributed by atoms with Crippen LogP contribution in [0.25, 0.3) is 0 Å². The summed E-state index contributed by atoms with van der Waals surface area (Å²) in [6.45, 7) is 0. The third-order valence-electron chi connectivity index (χ3n) is 1.35. The van der Waals surface area contributed by atoms with Crippen molar-refractivity contribution in [1.82, 2.24) is 0 Å². The molecule has 1 atom stereocenters. The lowest BCUT2D eigenvalue weighted by Gasteiger charge is -1.87. The smallest absolute Gasteiger partial charge is 0.0655 e. The number of nitriles is 1. The Morgan fingerprint density at radius 2 is 2.57 bits per heavy atom. The van der Waals surface area contributed by atoms with Crippen molar-refractivity contribution in [1.29, 1.82) is 5.26 Å². The molecule has 1 nitrogen and oxygen atoms in total. The fourth-order valence-electron chi connectivity index (χ4n) is 0.873. The molecule has 37 valence electrons. The van der Waals surface area contributed by atoms with E-state index in [9.17, 15) is 0 Å². The van der Waals surface area contributed by atoms with Gasteiger partial charge in [0, 0.05) is 5.92 Å². The molecule has 1 unspecified atom stereocenters. The Balaban J connectivity index is 2.31. The summed E-state index contributed by atoms with van der Waals surface area (Å²) in [5, 5.41) is 8.30. The lowest BCUT2D eigenvalue weighted by Crippen LogP contribution is -1.83. The summed E-state index contributed by atoms with van der Waals surface area (Å²) in [6.07, 6.45) is 5.46. The first-order valence-electron chi connectivity index (χ1n) is 2.65. The standard InChI is InChI=1S/C6H8N/c7-5-6-3-1-2-4-6/h1,6H,2-4H2. The van der Waals surface area contributed by atoms with Crippen molar-refractivity contribution in [2.45, 2.75) is 19.3 Å². The highest BCUT2D eigenvalue weighted by molar-refractivity contribution is 4.92. The molecule has 0 aliphatic heterocycles. The van der Waals surface area contributed by atoms with E-state index in [4.69, 9.17) is 5.26 Å². The number of hydrogen-bond donors (Lipinski definition) is 0. The molecule has 1 radical (unpaired) electrons. The van der Waals surface area contributed by atoms with Gasteiger partial charge in [-0.05, 0) is 25.7 Å². The number of nitrogens with zero attached hydrogens (tertiary/aromatic N) is 1. The average Bonchev–Trinajstić information content (AvgIpc) is 2.14. The summed E-state index contributed by atoms with van der Waals surface area (Å²) in [6, 6.07) is 2.23. The summed E-state index contributed by atoms with van der Waals surface area (Å²) in [5.41, 5.74) is 0. The maximum atomic E-state index is 8.30. The minimum absolute atomic E-state index is 0.347. The van der Waals surface area contributed by atoms with Crippen LogP contribution in [0.4, 0.5) is 0 Å². The fraction of sp³-hybridized carbons (Fsp3) is 0.667. The molecule has 0 amide bonds. The highest BCUT2D eigenvalue weighted by Gasteiger charge is 2.12. The van der Waals surface area contributed by atoms with Gasteiger partial charge in [-0.15, -0.1) is 0 Å². The molecule has 1 saturated carbocycles. The van der Waals surface area contributed by atoms with Crippen LogP contribution in [0.5, 0.6) is 0 Å². The van der Waals surface area contributed by atoms with Crippen LogP contribution in [0.2, 0.25) is 0 Å². The van der Waals surface area contributed by atoms with Crippen molar-refractivity contribution >= 4 is 0 Å². The maximum Gasteiger partial charge on any atom is 0.0655 e. The van der Waals surface area contributed by atoms with Gasteiger partial charge in [-0.2, -0.15) is 5.26 Å². The van der Waals surface area contributed by atoms with Crippen LogP contribution in [-0.2, 0) is 0 Å². The molecule has 1 aliphatic carbocycles. The fourth-order valence-corrected chi connectivity index (χ4v) is 0.873. The molecule has 0 aromatic rings. The molecule has 0 aromatic heterocycles. The van der Waals surface area contributed by atoms with Crippen molar-refractivity contribution in [3.05, 3.63) is 6.42 Å². The first-order valence-corrected chi connectivity index (χ1v) is 2.65. The molecule has 0 spiro atoms. The van der Waals surface area contributed by atoms with Crippen LogP contribution >= 0.6 is 0 Å². The van der Waals surface area contributed by atoms with E-state index < -0.39 is 0 Å². The van der Waals surface area contributed by atoms with Crippen LogP contribution in [-0.4, -0.2) is 0 Å². The summed E-state index contributed by atoms with van der Waals surface area (Å²) in [5.74, 6) is 0.347. The molecule has 1 heteroatoms. The van der Waals surface area contributed by atoms with Crippen molar-refractivity contribution < 1.29 is 0 Å². The van der Waals surface area contributed by atoms with Gasteiger partial charge in [-0.3, -0.25) is 0 Å². The SMILES string of the molecule is N#CC1C[CH]CC1. The first-order chi connectivity index (χ1) is 3.43. The maximum absolute atomic E-state index is 8.30. The van der Waals surface area contributed by atoms with Gasteiger partial charge < -0.3 is 0 Å². The van der Waals surface area contributed by atoms with E-state index in [-0.39, 0.29) is 0 Å². The normalized spacial score (nSPS) is 22.1. The lowest BCUT2D eigenvalue weighted by atomic mass is 10.1. The van der Waals surface area contributed by atoms with E-state index in [1.54, 1.807) is 0 Å². The summed E-state index contributed by atoms with van der Waals surface area (Å²) in [7, 11) is 0. The molecule has 0 aromatic carbocycles. The second-order valence-corrected chi connectivity index (χ2v) is 1.93. The summed E-state index contributed by atoms with van der Waals surface area (Å²) >= 11 is 0. The van der Waals surface area contributed by atoms with Crippen molar-refractivity contribution in [2.24, 2.45) is 5.92 Å². The topological polar surface area (TPSA) is 23.8 Å². The highest BCUT2D eigenvalue weighted by Crippen LogP contribution is 2.22. The van der Waals surface area contributed by atoms with Crippen LogP contribution in [0.3, 0.4) is 0 Å². The first kappa shape index (κ1) is 4.64. The van der Waals surface area contributed by atoms with E-state index >= 15 is 0 Å². The van der Waals surface area contributed by atoms with Crippen molar-refractivity contribution in [3.8, 4) is 6.07 Å². The van der Waals surface area contributed by atoms with Crippen molar-refractivity contribution in [3.63, 3.8) is 0 Å². The Morgan fingerprint density at radius 3 is 2.86 bits per heavy atom. The third-order valence-corrected chi connectivity index (χ3v) is 1.35. The number of rotatable bonds is 0. The largest absolute Gasteiger partial charge is 0.198 e. The molecule has 1 rings (SSSR count). The third kappa shape index (κ3) is 0.928. The quantitative estimate of drug-likeness (QED) is 0.446. The van der Waals surface area contributed by atoms with E-state index in [0.29, 0.717) is 5.92 Å². The van der Waals surface area contributed by atoms with Gasteiger partial charge in [-0.1, -0.05) is 0 Å².